The third-order valence-electron chi connectivity index (χ3n) is 6.71. The molecule has 0 aliphatic carbocycles. The second-order valence-corrected chi connectivity index (χ2v) is 10.1. The molecule has 0 radical (unpaired) electrons. The second-order valence-electron chi connectivity index (χ2n) is 9.14. The van der Waals surface area contributed by atoms with Gasteiger partial charge in [-0.05, 0) is 50.4 Å². The van der Waals surface area contributed by atoms with Gasteiger partial charge in [0.1, 0.15) is 17.5 Å². The summed E-state index contributed by atoms with van der Waals surface area (Å²) in [5.41, 5.74) is 1.77. The van der Waals surface area contributed by atoms with Gasteiger partial charge in [0.05, 0.1) is 12.6 Å². The van der Waals surface area contributed by atoms with Crippen molar-refractivity contribution in [2.45, 2.75) is 56.0 Å². The van der Waals surface area contributed by atoms with E-state index in [0.717, 1.165) is 74.7 Å². The van der Waals surface area contributed by atoms with Crippen molar-refractivity contribution < 1.29 is 13.5 Å². The molecule has 5 nitrogen and oxygen atoms in total. The van der Waals surface area contributed by atoms with Crippen LogP contribution in [0.2, 0.25) is 0 Å². The summed E-state index contributed by atoms with van der Waals surface area (Å²) in [5.74, 6) is 1.23. The Hall–Kier alpha value is -2.29. The fourth-order valence-corrected chi connectivity index (χ4v) is 5.82. The minimum Gasteiger partial charge on any atom is -0.377 e. The Morgan fingerprint density at radius 1 is 0.971 bits per heavy atom. The molecular formula is C26H30F2N4OS. The molecule has 2 aromatic carbocycles. The number of ether oxygens (including phenoxy) is 1. The highest BCUT2D eigenvalue weighted by molar-refractivity contribution is 7.99. The van der Waals surface area contributed by atoms with Crippen molar-refractivity contribution in [2.24, 2.45) is 0 Å². The van der Waals surface area contributed by atoms with Crippen LogP contribution in [0.25, 0.3) is 0 Å². The number of benzene rings is 2. The van der Waals surface area contributed by atoms with E-state index in [4.69, 9.17) is 4.74 Å². The van der Waals surface area contributed by atoms with Crippen LogP contribution < -0.4 is 0 Å². The monoisotopic (exact) mass is 484 g/mol. The van der Waals surface area contributed by atoms with Crippen molar-refractivity contribution in [2.75, 3.05) is 25.4 Å². The summed E-state index contributed by atoms with van der Waals surface area (Å²) in [5, 5.41) is 10.2. The topological polar surface area (TPSA) is 43.2 Å². The molecule has 0 bridgehead atoms. The summed E-state index contributed by atoms with van der Waals surface area (Å²) < 4.78 is 35.4. The fraction of sp³-hybridized carbons (Fsp3) is 0.462. The van der Waals surface area contributed by atoms with Gasteiger partial charge in [-0.3, -0.25) is 4.90 Å². The van der Waals surface area contributed by atoms with Crippen molar-refractivity contribution in [1.29, 1.82) is 0 Å². The van der Waals surface area contributed by atoms with E-state index in [0.29, 0.717) is 24.1 Å². The van der Waals surface area contributed by atoms with E-state index >= 15 is 0 Å². The number of thioether (sulfide) groups is 1. The summed E-state index contributed by atoms with van der Waals surface area (Å²) in [6.45, 7) is 3.79. The predicted octanol–water partition coefficient (Wildman–Crippen LogP) is 5.26. The molecule has 180 valence electrons. The molecule has 1 atom stereocenters. The van der Waals surface area contributed by atoms with E-state index in [1.807, 2.05) is 6.07 Å². The quantitative estimate of drug-likeness (QED) is 0.408. The van der Waals surface area contributed by atoms with Gasteiger partial charge in [0.15, 0.2) is 5.16 Å². The first-order valence-corrected chi connectivity index (χ1v) is 13.0. The number of nitrogens with zero attached hydrogens (tertiary/aromatic N) is 4. The van der Waals surface area contributed by atoms with Crippen molar-refractivity contribution in [3.05, 3.63) is 77.1 Å². The highest BCUT2D eigenvalue weighted by Crippen LogP contribution is 2.32. The number of halogens is 2. The molecule has 2 aliphatic rings. The van der Waals surface area contributed by atoms with Gasteiger partial charge in [-0.2, -0.15) is 0 Å². The summed E-state index contributed by atoms with van der Waals surface area (Å²) in [7, 11) is 0. The molecule has 0 N–H and O–H groups in total. The van der Waals surface area contributed by atoms with E-state index in [9.17, 15) is 8.78 Å². The Kier molecular flexibility index (Phi) is 7.57. The Balaban J connectivity index is 1.27. The zero-order valence-electron chi connectivity index (χ0n) is 19.2. The van der Waals surface area contributed by atoms with Crippen molar-refractivity contribution >= 4 is 11.8 Å². The average Bonchev–Trinajstić information content (AvgIpc) is 3.51. The highest BCUT2D eigenvalue weighted by atomic mass is 32.2. The molecule has 1 aromatic heterocycles. The van der Waals surface area contributed by atoms with Crippen molar-refractivity contribution in [3.8, 4) is 0 Å². The number of hydrogen-bond acceptors (Lipinski definition) is 5. The normalized spacial score (nSPS) is 19.6. The minimum absolute atomic E-state index is 0.297. The van der Waals surface area contributed by atoms with E-state index in [1.54, 1.807) is 17.8 Å². The maximum absolute atomic E-state index is 14.1. The van der Waals surface area contributed by atoms with Crippen molar-refractivity contribution in [1.82, 2.24) is 19.7 Å². The van der Waals surface area contributed by atoms with Gasteiger partial charge in [0, 0.05) is 36.5 Å². The molecule has 2 aliphatic heterocycles. The maximum Gasteiger partial charge on any atom is 0.191 e. The predicted molar refractivity (Wildman–Crippen MR) is 129 cm³/mol. The van der Waals surface area contributed by atoms with E-state index in [-0.39, 0.29) is 0 Å². The van der Waals surface area contributed by atoms with E-state index in [2.05, 4.69) is 43.9 Å². The van der Waals surface area contributed by atoms with Crippen LogP contribution in [0.15, 0.2) is 53.7 Å². The zero-order valence-corrected chi connectivity index (χ0v) is 20.0. The van der Waals surface area contributed by atoms with Gasteiger partial charge in [0.2, 0.25) is 0 Å². The van der Waals surface area contributed by atoms with Crippen LogP contribution in [-0.2, 0) is 17.8 Å². The van der Waals surface area contributed by atoms with Crippen LogP contribution in [0.4, 0.5) is 8.78 Å². The lowest BCUT2D eigenvalue weighted by atomic mass is 9.95. The molecular weight excluding hydrogens is 454 g/mol. The SMILES string of the molecule is Fc1ccc(CN2CCC(c3nnc(SC[C@H]4CCCO4)n3Cc3ccccc3)CC2)c(F)c1. The fourth-order valence-electron chi connectivity index (χ4n) is 4.81. The van der Waals surface area contributed by atoms with Crippen molar-refractivity contribution in [3.63, 3.8) is 0 Å². The lowest BCUT2D eigenvalue weighted by Gasteiger charge is -2.31. The number of aromatic nitrogens is 3. The molecule has 3 aromatic rings. The lowest BCUT2D eigenvalue weighted by Crippen LogP contribution is -2.33. The van der Waals surface area contributed by atoms with Gasteiger partial charge < -0.3 is 9.30 Å². The first-order valence-electron chi connectivity index (χ1n) is 12.0. The van der Waals surface area contributed by atoms with Crippen LogP contribution in [-0.4, -0.2) is 51.2 Å². The summed E-state index contributed by atoms with van der Waals surface area (Å²) >= 11 is 1.74. The van der Waals surface area contributed by atoms with Crippen LogP contribution in [0.1, 0.15) is 48.6 Å². The molecule has 34 heavy (non-hydrogen) atoms. The Morgan fingerprint density at radius 2 is 1.79 bits per heavy atom. The van der Waals surface area contributed by atoms with Crippen LogP contribution in [0.5, 0.6) is 0 Å². The number of hydrogen-bond donors (Lipinski definition) is 0. The molecule has 0 amide bonds. The van der Waals surface area contributed by atoms with E-state index in [1.165, 1.54) is 11.6 Å². The van der Waals surface area contributed by atoms with Gasteiger partial charge in [0.25, 0.3) is 0 Å². The summed E-state index contributed by atoms with van der Waals surface area (Å²) in [4.78, 5) is 2.23. The second kappa shape index (κ2) is 11.0. The van der Waals surface area contributed by atoms with Gasteiger partial charge in [-0.1, -0.05) is 48.2 Å². The lowest BCUT2D eigenvalue weighted by molar-refractivity contribution is 0.129. The smallest absolute Gasteiger partial charge is 0.191 e. The largest absolute Gasteiger partial charge is 0.377 e. The zero-order chi connectivity index (χ0) is 23.3. The summed E-state index contributed by atoms with van der Waals surface area (Å²) in [6.07, 6.45) is 4.41. The Bertz CT molecular complexity index is 1080. The van der Waals surface area contributed by atoms with Gasteiger partial charge in [-0.15, -0.1) is 10.2 Å². The first kappa shape index (κ1) is 23.5. The number of likely N-dealkylation sites (tertiary alicyclic amines) is 1. The maximum atomic E-state index is 14.1. The first-order chi connectivity index (χ1) is 16.7. The molecule has 5 rings (SSSR count). The van der Waals surface area contributed by atoms with Gasteiger partial charge in [-0.25, -0.2) is 8.78 Å². The van der Waals surface area contributed by atoms with Gasteiger partial charge >= 0.3 is 0 Å². The molecule has 0 unspecified atom stereocenters. The van der Waals surface area contributed by atoms with Crippen LogP contribution >= 0.6 is 11.8 Å². The van der Waals surface area contributed by atoms with Crippen LogP contribution in [0.3, 0.4) is 0 Å². The molecule has 3 heterocycles. The highest BCUT2D eigenvalue weighted by Gasteiger charge is 2.27. The standard InChI is InChI=1S/C26H30F2N4OS/c27-22-9-8-21(24(28)15-22)17-31-12-10-20(11-13-31)25-29-30-26(34-18-23-7-4-14-33-23)32(25)16-19-5-2-1-3-6-19/h1-3,5-6,8-9,15,20,23H,4,7,10-14,16-18H2/t23-/m1/s1. The number of piperidine rings is 1. The minimum atomic E-state index is -0.536. The third-order valence-corrected chi connectivity index (χ3v) is 7.81. The van der Waals surface area contributed by atoms with Crippen LogP contribution in [0, 0.1) is 11.6 Å². The number of rotatable bonds is 8. The Labute approximate surface area is 203 Å². The summed E-state index contributed by atoms with van der Waals surface area (Å²) in [6, 6.07) is 14.3. The molecule has 2 fully saturated rings. The molecule has 8 heteroatoms. The molecule has 0 saturated carbocycles. The molecule has 2 saturated heterocycles. The van der Waals surface area contributed by atoms with E-state index < -0.39 is 11.6 Å². The Morgan fingerprint density at radius 3 is 2.53 bits per heavy atom. The third kappa shape index (κ3) is 5.67. The molecule has 0 spiro atoms. The average molecular weight is 485 g/mol.